The second kappa shape index (κ2) is 5.72. The summed E-state index contributed by atoms with van der Waals surface area (Å²) in [5, 5.41) is 8.31. The molecule has 0 fully saturated rings. The molecule has 0 aliphatic rings. The number of nitrogens with one attached hydrogen (secondary N) is 1. The van der Waals surface area contributed by atoms with Gasteiger partial charge in [-0.1, -0.05) is 36.4 Å². The summed E-state index contributed by atoms with van der Waals surface area (Å²) >= 11 is 0. The van der Waals surface area contributed by atoms with Gasteiger partial charge in [-0.2, -0.15) is 0 Å². The summed E-state index contributed by atoms with van der Waals surface area (Å²) < 4.78 is 11.9. The Hall–Kier alpha value is -1.73. The topological polar surface area (TPSA) is 42.3 Å². The fraction of sp³-hybridized carbons (Fsp3) is 0.250. The minimum Gasteiger partial charge on any atom is -0.430 e. The van der Waals surface area contributed by atoms with Gasteiger partial charge in [-0.05, 0) is 45.0 Å². The van der Waals surface area contributed by atoms with Crippen LogP contribution in [0.5, 0.6) is 11.5 Å². The van der Waals surface area contributed by atoms with Crippen molar-refractivity contribution in [2.45, 2.75) is 25.9 Å². The molecular formula is C16H20NO2P. The summed E-state index contributed by atoms with van der Waals surface area (Å²) in [6.45, 7) is 5.92. The predicted molar refractivity (Wildman–Crippen MR) is 83.5 cm³/mol. The van der Waals surface area contributed by atoms with Crippen molar-refractivity contribution in [2.75, 3.05) is 0 Å². The maximum Gasteiger partial charge on any atom is 0.316 e. The van der Waals surface area contributed by atoms with Crippen LogP contribution >= 0.6 is 7.51 Å². The fourth-order valence-corrected chi connectivity index (χ4v) is 2.97. The van der Waals surface area contributed by atoms with E-state index in [4.69, 9.17) is 14.2 Å². The second-order valence-corrected chi connectivity index (χ2v) is 8.34. The molecule has 1 N–H and O–H groups in total. The highest BCUT2D eigenvalue weighted by atomic mass is 31.2. The van der Waals surface area contributed by atoms with Gasteiger partial charge >= 0.3 is 7.51 Å². The maximum atomic E-state index is 8.71. The molecule has 2 aromatic rings. The number of rotatable bonds is 4. The van der Waals surface area contributed by atoms with E-state index in [0.29, 0.717) is 11.5 Å². The molecule has 0 heterocycles. The van der Waals surface area contributed by atoms with Gasteiger partial charge in [0.25, 0.3) is 0 Å². The van der Waals surface area contributed by atoms with Crippen LogP contribution < -0.4 is 9.05 Å². The fourth-order valence-electron chi connectivity index (χ4n) is 1.55. The summed E-state index contributed by atoms with van der Waals surface area (Å²) in [7, 11) is -2.85. The Kier molecular flexibility index (Phi) is 4.20. The lowest BCUT2D eigenvalue weighted by atomic mass is 10.3. The summed E-state index contributed by atoms with van der Waals surface area (Å²) in [5.41, 5.74) is 0. The van der Waals surface area contributed by atoms with Crippen LogP contribution in [-0.2, 0) is 0 Å². The monoisotopic (exact) mass is 289 g/mol. The van der Waals surface area contributed by atoms with Crippen LogP contribution in [0.1, 0.15) is 20.8 Å². The van der Waals surface area contributed by atoms with Crippen molar-refractivity contribution in [3.63, 3.8) is 0 Å². The van der Waals surface area contributed by atoms with Crippen molar-refractivity contribution in [2.24, 2.45) is 0 Å². The average molecular weight is 289 g/mol. The van der Waals surface area contributed by atoms with E-state index < -0.39 is 12.7 Å². The second-order valence-electron chi connectivity index (χ2n) is 5.53. The Morgan fingerprint density at radius 1 is 0.750 bits per heavy atom. The quantitative estimate of drug-likeness (QED) is 0.749. The Morgan fingerprint density at radius 2 is 1.10 bits per heavy atom. The molecule has 106 valence electrons. The molecular weight excluding hydrogens is 269 g/mol. The van der Waals surface area contributed by atoms with Gasteiger partial charge < -0.3 is 9.05 Å². The van der Waals surface area contributed by atoms with Crippen LogP contribution in [0.15, 0.2) is 60.7 Å². The van der Waals surface area contributed by atoms with Crippen LogP contribution in [-0.4, -0.2) is 5.16 Å². The average Bonchev–Trinajstić information content (AvgIpc) is 2.39. The van der Waals surface area contributed by atoms with Crippen molar-refractivity contribution < 1.29 is 9.05 Å². The van der Waals surface area contributed by atoms with Gasteiger partial charge in [0.05, 0.1) is 5.16 Å². The van der Waals surface area contributed by atoms with E-state index in [1.807, 2.05) is 81.4 Å². The lowest BCUT2D eigenvalue weighted by Crippen LogP contribution is -2.22. The Morgan fingerprint density at radius 3 is 1.40 bits per heavy atom. The molecule has 20 heavy (non-hydrogen) atoms. The van der Waals surface area contributed by atoms with E-state index in [0.717, 1.165) is 0 Å². The summed E-state index contributed by atoms with van der Waals surface area (Å²) in [5.74, 6) is 1.34. The van der Waals surface area contributed by atoms with E-state index in [9.17, 15) is 0 Å². The lowest BCUT2D eigenvalue weighted by molar-refractivity contribution is 0.434. The van der Waals surface area contributed by atoms with Crippen molar-refractivity contribution in [1.29, 1.82) is 5.16 Å². The third-order valence-electron chi connectivity index (χ3n) is 2.84. The first-order valence-corrected chi connectivity index (χ1v) is 8.17. The molecule has 4 heteroatoms. The van der Waals surface area contributed by atoms with Crippen LogP contribution in [0.3, 0.4) is 0 Å². The molecule has 2 aromatic carbocycles. The zero-order valence-corrected chi connectivity index (χ0v) is 12.9. The summed E-state index contributed by atoms with van der Waals surface area (Å²) in [6.07, 6.45) is 0. The highest BCUT2D eigenvalue weighted by Gasteiger charge is 2.38. The number of hydrogen-bond donors (Lipinski definition) is 1. The molecule has 0 aliphatic heterocycles. The Bertz CT molecular complexity index is 545. The third-order valence-corrected chi connectivity index (χ3v) is 5.54. The predicted octanol–water partition coefficient (Wildman–Crippen LogP) is 5.55. The first-order valence-electron chi connectivity index (χ1n) is 6.54. The molecule has 3 nitrogen and oxygen atoms in total. The largest absolute Gasteiger partial charge is 0.430 e. The molecule has 0 amide bonds. The normalized spacial score (nSPS) is 11.9. The summed E-state index contributed by atoms with van der Waals surface area (Å²) in [6, 6.07) is 18.8. The zero-order valence-electron chi connectivity index (χ0n) is 12.0. The molecule has 0 radical (unpaired) electrons. The molecule has 0 bridgehead atoms. The number of benzene rings is 2. The molecule has 2 rings (SSSR count). The molecule has 0 aromatic heterocycles. The maximum absolute atomic E-state index is 8.71. The van der Waals surface area contributed by atoms with Crippen LogP contribution in [0.4, 0.5) is 0 Å². The lowest BCUT2D eigenvalue weighted by Gasteiger charge is -2.33. The molecule has 0 aliphatic carbocycles. The highest BCUT2D eigenvalue weighted by Crippen LogP contribution is 2.59. The van der Waals surface area contributed by atoms with Gasteiger partial charge in [0, 0.05) is 0 Å². The molecule has 0 atom stereocenters. The third kappa shape index (κ3) is 3.43. The zero-order chi connectivity index (χ0) is 14.6. The molecule has 0 unspecified atom stereocenters. The first kappa shape index (κ1) is 14.7. The summed E-state index contributed by atoms with van der Waals surface area (Å²) in [4.78, 5) is 0. The smallest absolute Gasteiger partial charge is 0.316 e. The van der Waals surface area contributed by atoms with Gasteiger partial charge in [0.1, 0.15) is 11.5 Å². The van der Waals surface area contributed by atoms with E-state index in [1.165, 1.54) is 0 Å². The van der Waals surface area contributed by atoms with E-state index in [2.05, 4.69) is 0 Å². The first-order chi connectivity index (χ1) is 9.41. The number of para-hydroxylation sites is 2. The highest BCUT2D eigenvalue weighted by molar-refractivity contribution is 7.57. The van der Waals surface area contributed by atoms with Gasteiger partial charge in [-0.3, -0.25) is 0 Å². The van der Waals surface area contributed by atoms with Gasteiger partial charge in [-0.25, -0.2) is 5.16 Å². The standard InChI is InChI=1S/C16H20NO2P/c1-16(2,3)20(17,18-14-10-6-4-7-11-14)19-15-12-8-5-9-13-15/h4-13,17H,1-3H3. The van der Waals surface area contributed by atoms with Crippen LogP contribution in [0, 0.1) is 5.16 Å². The van der Waals surface area contributed by atoms with Crippen molar-refractivity contribution in [3.05, 3.63) is 60.7 Å². The molecule has 0 saturated heterocycles. The van der Waals surface area contributed by atoms with Gasteiger partial charge in [0.2, 0.25) is 0 Å². The molecule has 0 saturated carbocycles. The minimum absolute atomic E-state index is 0.404. The Balaban J connectivity index is 2.30. The van der Waals surface area contributed by atoms with E-state index >= 15 is 0 Å². The SMILES string of the molecule is CC(C)(C)P(=N)(Oc1ccccc1)Oc1ccccc1. The van der Waals surface area contributed by atoms with Gasteiger partial charge in [0.15, 0.2) is 0 Å². The van der Waals surface area contributed by atoms with Crippen LogP contribution in [0.25, 0.3) is 0 Å². The Labute approximate surface area is 120 Å². The van der Waals surface area contributed by atoms with Gasteiger partial charge in [-0.15, -0.1) is 0 Å². The number of hydrogen-bond acceptors (Lipinski definition) is 3. The van der Waals surface area contributed by atoms with Crippen molar-refractivity contribution >= 4 is 7.51 Å². The van der Waals surface area contributed by atoms with Crippen molar-refractivity contribution in [1.82, 2.24) is 0 Å². The molecule has 0 spiro atoms. The van der Waals surface area contributed by atoms with E-state index in [-0.39, 0.29) is 0 Å². The minimum atomic E-state index is -2.85. The van der Waals surface area contributed by atoms with Crippen LogP contribution in [0.2, 0.25) is 0 Å². The van der Waals surface area contributed by atoms with Crippen molar-refractivity contribution in [3.8, 4) is 11.5 Å². The van der Waals surface area contributed by atoms with E-state index in [1.54, 1.807) is 0 Å².